The number of aromatic nitrogens is 1. The highest BCUT2D eigenvalue weighted by atomic mass is 79.9. The van der Waals surface area contributed by atoms with Crippen LogP contribution in [0.1, 0.15) is 28.4 Å². The van der Waals surface area contributed by atoms with Gasteiger partial charge in [-0.2, -0.15) is 0 Å². The molecule has 3 aromatic rings. The molecule has 1 atom stereocenters. The molecule has 0 saturated carbocycles. The maximum Gasteiger partial charge on any atom is 0.300 e. The summed E-state index contributed by atoms with van der Waals surface area (Å²) in [5.74, 6) is -1.63. The number of aliphatic hydroxyl groups is 1. The minimum Gasteiger partial charge on any atom is -0.507 e. The van der Waals surface area contributed by atoms with E-state index in [1.54, 1.807) is 48.7 Å². The van der Waals surface area contributed by atoms with E-state index in [-0.39, 0.29) is 11.3 Å². The quantitative estimate of drug-likeness (QED) is 0.334. The molecule has 5 nitrogen and oxygen atoms in total. The van der Waals surface area contributed by atoms with Gasteiger partial charge in [-0.15, -0.1) is 0 Å². The third-order valence-corrected chi connectivity index (χ3v) is 5.67. The zero-order valence-electron chi connectivity index (χ0n) is 16.5. The summed E-state index contributed by atoms with van der Waals surface area (Å²) in [4.78, 5) is 32.0. The zero-order valence-corrected chi connectivity index (χ0v) is 18.1. The Morgan fingerprint density at radius 3 is 2.40 bits per heavy atom. The van der Waals surface area contributed by atoms with Crippen LogP contribution in [0.3, 0.4) is 0 Å². The maximum atomic E-state index is 13.1. The number of ketones is 1. The lowest BCUT2D eigenvalue weighted by molar-refractivity contribution is -0.132. The molecule has 0 radical (unpaired) electrons. The van der Waals surface area contributed by atoms with Gasteiger partial charge in [-0.25, -0.2) is 0 Å². The number of carbonyl (C=O) groups is 2. The number of hydrogen-bond acceptors (Lipinski definition) is 4. The molecule has 2 heterocycles. The molecule has 1 amide bonds. The predicted molar refractivity (Wildman–Crippen MR) is 119 cm³/mol. The van der Waals surface area contributed by atoms with Gasteiger partial charge in [0.25, 0.3) is 11.7 Å². The van der Waals surface area contributed by atoms with E-state index in [9.17, 15) is 14.7 Å². The Labute approximate surface area is 182 Å². The number of aryl methyl sites for hydroxylation is 2. The van der Waals surface area contributed by atoms with Crippen molar-refractivity contribution in [3.05, 3.63) is 99.3 Å². The molecule has 6 heteroatoms. The highest BCUT2D eigenvalue weighted by Crippen LogP contribution is 2.42. The molecule has 0 spiro atoms. The molecule has 4 rings (SSSR count). The molecule has 0 bridgehead atoms. The van der Waals surface area contributed by atoms with Gasteiger partial charge in [-0.1, -0.05) is 51.8 Å². The number of anilines is 1. The number of nitrogens with zero attached hydrogens (tertiary/aromatic N) is 2. The average molecular weight is 463 g/mol. The monoisotopic (exact) mass is 462 g/mol. The lowest BCUT2D eigenvalue weighted by Gasteiger charge is -2.26. The van der Waals surface area contributed by atoms with E-state index >= 15 is 0 Å². The van der Waals surface area contributed by atoms with Crippen LogP contribution in [-0.2, 0) is 9.59 Å². The van der Waals surface area contributed by atoms with Crippen LogP contribution in [0, 0.1) is 13.8 Å². The molecular formula is C24H19BrN2O3. The number of benzene rings is 2. The maximum absolute atomic E-state index is 13.1. The zero-order chi connectivity index (χ0) is 21.4. The second kappa shape index (κ2) is 7.88. The SMILES string of the molecule is Cc1ccc(N2C(=O)C(=O)/C(=C(/O)c3ccc(Br)cc3)C2c2ccccn2)c(C)c1. The van der Waals surface area contributed by atoms with Crippen molar-refractivity contribution in [3.8, 4) is 0 Å². The van der Waals surface area contributed by atoms with Crippen LogP contribution in [0.2, 0.25) is 0 Å². The van der Waals surface area contributed by atoms with Crippen molar-refractivity contribution >= 4 is 39.1 Å². The predicted octanol–water partition coefficient (Wildman–Crippen LogP) is 5.09. The summed E-state index contributed by atoms with van der Waals surface area (Å²) in [6.07, 6.45) is 1.61. The van der Waals surface area contributed by atoms with Crippen LogP contribution in [0.25, 0.3) is 5.76 Å². The van der Waals surface area contributed by atoms with E-state index in [2.05, 4.69) is 20.9 Å². The Balaban J connectivity index is 1.96. The standard InChI is InChI=1S/C24H19BrN2O3/c1-14-6-11-19(15(2)13-14)27-21(18-5-3-4-12-26-18)20(23(29)24(27)30)22(28)16-7-9-17(25)10-8-16/h3-13,21,28H,1-2H3/b22-20+. The normalized spacial score (nSPS) is 18.1. The first-order chi connectivity index (χ1) is 14.4. The molecule has 30 heavy (non-hydrogen) atoms. The van der Waals surface area contributed by atoms with Gasteiger partial charge in [0.1, 0.15) is 11.8 Å². The molecule has 1 unspecified atom stereocenters. The van der Waals surface area contributed by atoms with Crippen molar-refractivity contribution in [1.29, 1.82) is 0 Å². The molecular weight excluding hydrogens is 444 g/mol. The Hall–Kier alpha value is -3.25. The van der Waals surface area contributed by atoms with Crippen LogP contribution in [0.15, 0.2) is 76.9 Å². The summed E-state index contributed by atoms with van der Waals surface area (Å²) >= 11 is 3.37. The van der Waals surface area contributed by atoms with Gasteiger partial charge >= 0.3 is 0 Å². The van der Waals surface area contributed by atoms with Crippen molar-refractivity contribution in [2.75, 3.05) is 4.90 Å². The van der Waals surface area contributed by atoms with Gasteiger partial charge < -0.3 is 5.11 Å². The first-order valence-electron chi connectivity index (χ1n) is 9.43. The van der Waals surface area contributed by atoms with Crippen molar-refractivity contribution < 1.29 is 14.7 Å². The van der Waals surface area contributed by atoms with Gasteiger partial charge in [-0.05, 0) is 49.7 Å². The fourth-order valence-corrected chi connectivity index (χ4v) is 4.00. The summed E-state index contributed by atoms with van der Waals surface area (Å²) < 4.78 is 0.844. The van der Waals surface area contributed by atoms with Crippen LogP contribution < -0.4 is 4.90 Å². The number of Topliss-reactive ketones (excluding diaryl/α,β-unsaturated/α-hetero) is 1. The molecule has 2 aromatic carbocycles. The minimum absolute atomic E-state index is 0.0287. The minimum atomic E-state index is -0.823. The first-order valence-corrected chi connectivity index (χ1v) is 10.2. The van der Waals surface area contributed by atoms with Crippen LogP contribution in [-0.4, -0.2) is 21.8 Å². The summed E-state index contributed by atoms with van der Waals surface area (Å²) in [6, 6.07) is 17.1. The topological polar surface area (TPSA) is 70.5 Å². The number of carbonyl (C=O) groups excluding carboxylic acids is 2. The largest absolute Gasteiger partial charge is 0.507 e. The van der Waals surface area contributed by atoms with Gasteiger partial charge in [0, 0.05) is 21.9 Å². The Kier molecular flexibility index (Phi) is 5.26. The third kappa shape index (κ3) is 3.44. The van der Waals surface area contributed by atoms with Gasteiger partial charge in [0.05, 0.1) is 11.3 Å². The highest BCUT2D eigenvalue weighted by Gasteiger charge is 2.47. The Bertz CT molecular complexity index is 1170. The molecule has 1 saturated heterocycles. The summed E-state index contributed by atoms with van der Waals surface area (Å²) in [5, 5.41) is 11.0. The van der Waals surface area contributed by atoms with Gasteiger partial charge in [0.2, 0.25) is 0 Å². The molecule has 1 aliphatic rings. The Morgan fingerprint density at radius 2 is 1.77 bits per heavy atom. The molecule has 0 aliphatic carbocycles. The van der Waals surface area contributed by atoms with Crippen molar-refractivity contribution in [1.82, 2.24) is 4.98 Å². The fourth-order valence-electron chi connectivity index (χ4n) is 3.74. The molecule has 1 N–H and O–H groups in total. The number of hydrogen-bond donors (Lipinski definition) is 1. The van der Waals surface area contributed by atoms with Gasteiger partial charge in [0.15, 0.2) is 0 Å². The van der Waals surface area contributed by atoms with Crippen LogP contribution in [0.4, 0.5) is 5.69 Å². The van der Waals surface area contributed by atoms with E-state index in [1.165, 1.54) is 4.90 Å². The second-order valence-electron chi connectivity index (χ2n) is 7.22. The van der Waals surface area contributed by atoms with E-state index in [0.29, 0.717) is 16.9 Å². The molecule has 1 aromatic heterocycles. The molecule has 1 aliphatic heterocycles. The van der Waals surface area contributed by atoms with E-state index < -0.39 is 17.7 Å². The lowest BCUT2D eigenvalue weighted by Crippen LogP contribution is -2.30. The number of aliphatic hydroxyl groups excluding tert-OH is 1. The van der Waals surface area contributed by atoms with E-state index in [4.69, 9.17) is 0 Å². The molecule has 1 fully saturated rings. The summed E-state index contributed by atoms with van der Waals surface area (Å²) in [5.41, 5.74) is 3.53. The number of pyridine rings is 1. The number of halogens is 1. The van der Waals surface area contributed by atoms with Gasteiger partial charge in [-0.3, -0.25) is 19.5 Å². The van der Waals surface area contributed by atoms with Crippen molar-refractivity contribution in [2.45, 2.75) is 19.9 Å². The van der Waals surface area contributed by atoms with Crippen molar-refractivity contribution in [2.24, 2.45) is 0 Å². The fraction of sp³-hybridized carbons (Fsp3) is 0.125. The van der Waals surface area contributed by atoms with Crippen LogP contribution >= 0.6 is 15.9 Å². The Morgan fingerprint density at radius 1 is 1.03 bits per heavy atom. The second-order valence-corrected chi connectivity index (χ2v) is 8.14. The first kappa shape index (κ1) is 20.0. The lowest BCUT2D eigenvalue weighted by atomic mass is 9.98. The van der Waals surface area contributed by atoms with Crippen molar-refractivity contribution in [3.63, 3.8) is 0 Å². The number of amides is 1. The summed E-state index contributed by atoms with van der Waals surface area (Å²) in [7, 11) is 0. The van der Waals surface area contributed by atoms with E-state index in [1.807, 2.05) is 32.0 Å². The molecule has 150 valence electrons. The highest BCUT2D eigenvalue weighted by molar-refractivity contribution is 9.10. The smallest absolute Gasteiger partial charge is 0.300 e. The van der Waals surface area contributed by atoms with Crippen LogP contribution in [0.5, 0.6) is 0 Å². The third-order valence-electron chi connectivity index (χ3n) is 5.14. The number of rotatable bonds is 3. The average Bonchev–Trinajstić information content (AvgIpc) is 3.00. The summed E-state index contributed by atoms with van der Waals surface area (Å²) in [6.45, 7) is 3.86. The van der Waals surface area contributed by atoms with E-state index in [0.717, 1.165) is 15.6 Å².